The summed E-state index contributed by atoms with van der Waals surface area (Å²) in [6, 6.07) is 0. The van der Waals surface area contributed by atoms with Crippen molar-refractivity contribution >= 4 is 33.4 Å². The topological polar surface area (TPSA) is 54.9 Å². The first-order chi connectivity index (χ1) is 6.26. The Bertz CT molecular complexity index is 310. The maximum atomic E-state index is 11.5. The average molecular weight is 262 g/mol. The number of hydrogen-bond acceptors (Lipinski definition) is 4. The van der Waals surface area contributed by atoms with Crippen molar-refractivity contribution in [3.8, 4) is 0 Å². The van der Waals surface area contributed by atoms with Gasteiger partial charge in [0.2, 0.25) is 0 Å². The third-order valence-electron chi connectivity index (χ3n) is 2.07. The summed E-state index contributed by atoms with van der Waals surface area (Å²) in [7, 11) is 0. The molecule has 0 aromatic carbocycles. The van der Waals surface area contributed by atoms with E-state index in [2.05, 4.69) is 30.8 Å². The number of hydrogen-bond donors (Lipinski definition) is 1. The van der Waals surface area contributed by atoms with Crippen LogP contribution in [0.3, 0.4) is 0 Å². The fourth-order valence-corrected chi connectivity index (χ4v) is 2.12. The van der Waals surface area contributed by atoms with Crippen LogP contribution in [0.2, 0.25) is 0 Å². The SMILES string of the molecule is O=C(NC1(CBr)CC1)c1cnns1. The van der Waals surface area contributed by atoms with Crippen molar-refractivity contribution in [2.75, 3.05) is 5.33 Å². The molecular weight excluding hydrogens is 254 g/mol. The number of halogens is 1. The van der Waals surface area contributed by atoms with Gasteiger partial charge in [0, 0.05) is 5.33 Å². The Kier molecular flexibility index (Phi) is 2.33. The molecule has 1 aliphatic carbocycles. The van der Waals surface area contributed by atoms with Gasteiger partial charge >= 0.3 is 0 Å². The molecule has 6 heteroatoms. The zero-order valence-corrected chi connectivity index (χ0v) is 9.19. The fraction of sp³-hybridized carbons (Fsp3) is 0.571. The lowest BCUT2D eigenvalue weighted by atomic mass is 10.3. The van der Waals surface area contributed by atoms with Gasteiger partial charge < -0.3 is 5.32 Å². The fourth-order valence-electron chi connectivity index (χ4n) is 1.01. The minimum Gasteiger partial charge on any atom is -0.345 e. The normalized spacial score (nSPS) is 18.2. The van der Waals surface area contributed by atoms with Gasteiger partial charge in [0.15, 0.2) is 0 Å². The molecule has 1 aliphatic rings. The van der Waals surface area contributed by atoms with Crippen molar-refractivity contribution in [3.63, 3.8) is 0 Å². The predicted molar refractivity (Wildman–Crippen MR) is 53.1 cm³/mol. The molecule has 1 aromatic heterocycles. The van der Waals surface area contributed by atoms with Crippen molar-refractivity contribution in [2.24, 2.45) is 0 Å². The second-order valence-electron chi connectivity index (χ2n) is 3.15. The van der Waals surface area contributed by atoms with Crippen LogP contribution >= 0.6 is 27.5 Å². The lowest BCUT2D eigenvalue weighted by Gasteiger charge is -2.12. The van der Waals surface area contributed by atoms with Gasteiger partial charge in [0.1, 0.15) is 4.88 Å². The number of carbonyl (C=O) groups is 1. The monoisotopic (exact) mass is 261 g/mol. The highest BCUT2D eigenvalue weighted by atomic mass is 79.9. The molecule has 13 heavy (non-hydrogen) atoms. The number of nitrogens with one attached hydrogen (secondary N) is 1. The Balaban J connectivity index is 2.00. The van der Waals surface area contributed by atoms with Crippen molar-refractivity contribution < 1.29 is 4.79 Å². The minimum absolute atomic E-state index is 0.00106. The number of nitrogens with zero attached hydrogens (tertiary/aromatic N) is 2. The van der Waals surface area contributed by atoms with Crippen molar-refractivity contribution in [1.82, 2.24) is 14.9 Å². The Morgan fingerprint density at radius 3 is 3.00 bits per heavy atom. The number of rotatable bonds is 3. The van der Waals surface area contributed by atoms with Crippen LogP contribution in [0, 0.1) is 0 Å². The minimum atomic E-state index is -0.0630. The van der Waals surface area contributed by atoms with Crippen molar-refractivity contribution in [2.45, 2.75) is 18.4 Å². The standard InChI is InChI=1S/C7H8BrN3OS/c8-4-7(1-2-7)10-6(12)5-3-9-11-13-5/h3H,1-2,4H2,(H,10,12). The van der Waals surface area contributed by atoms with Gasteiger partial charge in [-0.05, 0) is 24.4 Å². The van der Waals surface area contributed by atoms with E-state index in [0.717, 1.165) is 29.7 Å². The summed E-state index contributed by atoms with van der Waals surface area (Å²) in [6.07, 6.45) is 3.59. The molecule has 0 atom stereocenters. The largest absolute Gasteiger partial charge is 0.345 e. The molecule has 0 radical (unpaired) electrons. The van der Waals surface area contributed by atoms with Gasteiger partial charge in [-0.1, -0.05) is 20.4 Å². The molecule has 70 valence electrons. The van der Waals surface area contributed by atoms with E-state index in [-0.39, 0.29) is 11.4 Å². The molecule has 1 N–H and O–H groups in total. The van der Waals surface area contributed by atoms with Gasteiger partial charge in [-0.25, -0.2) is 0 Å². The van der Waals surface area contributed by atoms with Gasteiger partial charge in [0.05, 0.1) is 11.7 Å². The van der Waals surface area contributed by atoms with Crippen LogP contribution in [0.5, 0.6) is 0 Å². The molecule has 0 aliphatic heterocycles. The molecule has 1 fully saturated rings. The number of carbonyl (C=O) groups excluding carboxylic acids is 1. The van der Waals surface area contributed by atoms with Gasteiger partial charge in [0.25, 0.3) is 5.91 Å². The summed E-state index contributed by atoms with van der Waals surface area (Å²) in [5, 5.41) is 7.40. The zero-order chi connectivity index (χ0) is 9.31. The first kappa shape index (κ1) is 9.08. The highest BCUT2D eigenvalue weighted by Crippen LogP contribution is 2.37. The summed E-state index contributed by atoms with van der Waals surface area (Å²) < 4.78 is 3.64. The second-order valence-corrected chi connectivity index (χ2v) is 4.50. The van der Waals surface area contributed by atoms with E-state index in [0.29, 0.717) is 4.88 Å². The first-order valence-corrected chi connectivity index (χ1v) is 5.81. The molecule has 1 saturated carbocycles. The first-order valence-electron chi connectivity index (χ1n) is 3.92. The number of aromatic nitrogens is 2. The molecule has 1 aromatic rings. The van der Waals surface area contributed by atoms with E-state index in [9.17, 15) is 4.79 Å². The Morgan fingerprint density at radius 1 is 1.77 bits per heavy atom. The van der Waals surface area contributed by atoms with Gasteiger partial charge in [-0.3, -0.25) is 4.79 Å². The van der Waals surface area contributed by atoms with Gasteiger partial charge in [-0.2, -0.15) is 0 Å². The van der Waals surface area contributed by atoms with E-state index in [1.807, 2.05) is 0 Å². The highest BCUT2D eigenvalue weighted by Gasteiger charge is 2.43. The Labute approximate surface area is 88.0 Å². The molecule has 4 nitrogen and oxygen atoms in total. The Hall–Kier alpha value is -0.490. The Morgan fingerprint density at radius 2 is 2.54 bits per heavy atom. The van der Waals surface area contributed by atoms with E-state index in [1.165, 1.54) is 6.20 Å². The average Bonchev–Trinajstić information content (AvgIpc) is 2.69. The quantitative estimate of drug-likeness (QED) is 0.832. The third-order valence-corrected chi connectivity index (χ3v) is 3.81. The van der Waals surface area contributed by atoms with Crippen LogP contribution in [-0.2, 0) is 0 Å². The molecule has 0 bridgehead atoms. The number of alkyl halides is 1. The smallest absolute Gasteiger partial charge is 0.265 e. The molecule has 0 spiro atoms. The zero-order valence-electron chi connectivity index (χ0n) is 6.79. The van der Waals surface area contributed by atoms with E-state index in [1.54, 1.807) is 0 Å². The van der Waals surface area contributed by atoms with E-state index in [4.69, 9.17) is 0 Å². The summed E-state index contributed by atoms with van der Waals surface area (Å²) in [5.74, 6) is -0.0630. The molecule has 0 saturated heterocycles. The summed E-state index contributed by atoms with van der Waals surface area (Å²) >= 11 is 4.50. The maximum absolute atomic E-state index is 11.5. The molecule has 2 rings (SSSR count). The summed E-state index contributed by atoms with van der Waals surface area (Å²) in [6.45, 7) is 0. The lowest BCUT2D eigenvalue weighted by molar-refractivity contribution is 0.0940. The highest BCUT2D eigenvalue weighted by molar-refractivity contribution is 9.09. The van der Waals surface area contributed by atoms with Crippen LogP contribution in [0.25, 0.3) is 0 Å². The maximum Gasteiger partial charge on any atom is 0.265 e. The van der Waals surface area contributed by atoms with Crippen LogP contribution < -0.4 is 5.32 Å². The second kappa shape index (κ2) is 3.34. The molecular formula is C7H8BrN3OS. The van der Waals surface area contributed by atoms with Crippen molar-refractivity contribution in [1.29, 1.82) is 0 Å². The summed E-state index contributed by atoms with van der Waals surface area (Å²) in [4.78, 5) is 12.1. The van der Waals surface area contributed by atoms with Crippen LogP contribution in [0.15, 0.2) is 6.20 Å². The van der Waals surface area contributed by atoms with Crippen LogP contribution in [-0.4, -0.2) is 26.4 Å². The van der Waals surface area contributed by atoms with E-state index >= 15 is 0 Å². The van der Waals surface area contributed by atoms with E-state index < -0.39 is 0 Å². The predicted octanol–water partition coefficient (Wildman–Crippen LogP) is 1.20. The molecule has 1 amide bonds. The summed E-state index contributed by atoms with van der Waals surface area (Å²) in [5.41, 5.74) is 0.00106. The lowest BCUT2D eigenvalue weighted by Crippen LogP contribution is -2.37. The van der Waals surface area contributed by atoms with Crippen LogP contribution in [0.4, 0.5) is 0 Å². The third kappa shape index (κ3) is 1.88. The van der Waals surface area contributed by atoms with Crippen LogP contribution in [0.1, 0.15) is 22.5 Å². The number of amides is 1. The van der Waals surface area contributed by atoms with Gasteiger partial charge in [-0.15, -0.1) is 5.10 Å². The molecule has 0 unspecified atom stereocenters. The molecule has 1 heterocycles. The van der Waals surface area contributed by atoms with Crippen molar-refractivity contribution in [3.05, 3.63) is 11.1 Å².